The lowest BCUT2D eigenvalue weighted by Crippen LogP contribution is -2.38. The first-order valence-corrected chi connectivity index (χ1v) is 12.9. The van der Waals surface area contributed by atoms with Crippen molar-refractivity contribution in [2.45, 2.75) is 25.7 Å². The molecule has 6 nitrogen and oxygen atoms in total. The van der Waals surface area contributed by atoms with Gasteiger partial charge in [-0.25, -0.2) is 4.98 Å². The highest BCUT2D eigenvalue weighted by Gasteiger charge is 2.20. The van der Waals surface area contributed by atoms with Crippen LogP contribution in [0.1, 0.15) is 24.8 Å². The van der Waals surface area contributed by atoms with Gasteiger partial charge in [-0.05, 0) is 83.1 Å². The molecule has 2 N–H and O–H groups in total. The number of halogens is 1. The second kappa shape index (κ2) is 10.1. The van der Waals surface area contributed by atoms with Gasteiger partial charge in [0.1, 0.15) is 5.82 Å². The normalized spacial score (nSPS) is 14.6. The maximum Gasteiger partial charge on any atom is 0.220 e. The van der Waals surface area contributed by atoms with Crippen LogP contribution in [0.25, 0.3) is 21.7 Å². The fraction of sp³-hybridized carbons (Fsp3) is 0.320. The van der Waals surface area contributed by atoms with Gasteiger partial charge >= 0.3 is 0 Å². The molecule has 0 atom stereocenters. The first-order valence-electron chi connectivity index (χ1n) is 11.3. The predicted octanol–water partition coefficient (Wildman–Crippen LogP) is 5.41. The van der Waals surface area contributed by atoms with Crippen molar-refractivity contribution < 1.29 is 4.79 Å². The lowest BCUT2D eigenvalue weighted by molar-refractivity contribution is -0.121. The molecule has 0 spiro atoms. The van der Waals surface area contributed by atoms with Crippen molar-refractivity contribution in [2.24, 2.45) is 5.92 Å². The zero-order valence-electron chi connectivity index (χ0n) is 18.3. The van der Waals surface area contributed by atoms with E-state index in [0.29, 0.717) is 12.3 Å². The van der Waals surface area contributed by atoms with Crippen molar-refractivity contribution in [3.05, 3.63) is 64.2 Å². The number of aryl methyl sites for hydroxylation is 1. The van der Waals surface area contributed by atoms with Crippen LogP contribution >= 0.6 is 27.3 Å². The van der Waals surface area contributed by atoms with Gasteiger partial charge < -0.3 is 15.2 Å². The van der Waals surface area contributed by atoms with Crippen LogP contribution in [0.4, 0.5) is 5.69 Å². The minimum Gasteiger partial charge on any atom is -0.371 e. The Morgan fingerprint density at radius 1 is 1.15 bits per heavy atom. The van der Waals surface area contributed by atoms with Crippen molar-refractivity contribution in [1.82, 2.24) is 20.3 Å². The monoisotopic (exact) mass is 523 g/mol. The molecule has 1 fully saturated rings. The highest BCUT2D eigenvalue weighted by Crippen LogP contribution is 2.31. The molecule has 0 unspecified atom stereocenters. The number of carbonyl (C=O) groups is 1. The minimum absolute atomic E-state index is 0.125. The number of thiophene rings is 1. The van der Waals surface area contributed by atoms with Crippen molar-refractivity contribution in [3.63, 3.8) is 0 Å². The van der Waals surface area contributed by atoms with E-state index in [0.717, 1.165) is 70.0 Å². The molecular weight excluding hydrogens is 498 g/mol. The van der Waals surface area contributed by atoms with Crippen molar-refractivity contribution in [3.8, 4) is 10.7 Å². The number of rotatable bonds is 7. The average molecular weight is 524 g/mol. The third-order valence-electron chi connectivity index (χ3n) is 6.22. The van der Waals surface area contributed by atoms with E-state index in [-0.39, 0.29) is 5.91 Å². The molecule has 3 aromatic heterocycles. The number of carbonyl (C=O) groups excluding carboxylic acids is 1. The second-order valence-corrected chi connectivity index (χ2v) is 10.9. The maximum absolute atomic E-state index is 12.4. The maximum atomic E-state index is 12.4. The number of amides is 1. The van der Waals surface area contributed by atoms with Crippen LogP contribution in [-0.2, 0) is 11.2 Å². The Balaban J connectivity index is 1.09. The van der Waals surface area contributed by atoms with Crippen LogP contribution < -0.4 is 10.2 Å². The highest BCUT2D eigenvalue weighted by atomic mass is 79.9. The summed E-state index contributed by atoms with van der Waals surface area (Å²) in [4.78, 5) is 28.1. The first-order chi connectivity index (χ1) is 16.1. The third-order valence-corrected chi connectivity index (χ3v) is 7.85. The molecule has 4 aromatic rings. The van der Waals surface area contributed by atoms with Gasteiger partial charge in [-0.1, -0.05) is 6.07 Å². The van der Waals surface area contributed by atoms with E-state index in [2.05, 4.69) is 71.4 Å². The summed E-state index contributed by atoms with van der Waals surface area (Å²) in [6.07, 6.45) is 7.10. The van der Waals surface area contributed by atoms with E-state index < -0.39 is 0 Å². The van der Waals surface area contributed by atoms with Gasteiger partial charge in [0.05, 0.1) is 19.7 Å². The number of nitrogens with one attached hydrogen (secondary N) is 2. The van der Waals surface area contributed by atoms with E-state index in [1.165, 1.54) is 5.69 Å². The molecule has 5 rings (SSSR count). The van der Waals surface area contributed by atoms with E-state index in [4.69, 9.17) is 0 Å². The smallest absolute Gasteiger partial charge is 0.220 e. The van der Waals surface area contributed by atoms with E-state index >= 15 is 0 Å². The molecule has 4 heterocycles. The Bertz CT molecular complexity index is 1230. The Labute approximate surface area is 205 Å². The molecular formula is C25H26BrN5OS. The van der Waals surface area contributed by atoms with Crippen LogP contribution in [-0.4, -0.2) is 40.5 Å². The summed E-state index contributed by atoms with van der Waals surface area (Å²) in [5, 5.41) is 3.15. The summed E-state index contributed by atoms with van der Waals surface area (Å²) in [6, 6.07) is 14.4. The number of anilines is 1. The summed E-state index contributed by atoms with van der Waals surface area (Å²) >= 11 is 5.16. The molecule has 0 saturated carbocycles. The Morgan fingerprint density at radius 3 is 2.73 bits per heavy atom. The average Bonchev–Trinajstić information content (AvgIpc) is 3.48. The summed E-state index contributed by atoms with van der Waals surface area (Å²) in [7, 11) is 0. The number of hydrogen-bond acceptors (Lipinski definition) is 5. The minimum atomic E-state index is 0.125. The molecule has 1 aliphatic heterocycles. The van der Waals surface area contributed by atoms with E-state index in [9.17, 15) is 4.79 Å². The zero-order chi connectivity index (χ0) is 22.6. The van der Waals surface area contributed by atoms with Crippen LogP contribution in [0.2, 0.25) is 0 Å². The van der Waals surface area contributed by atoms with Crippen LogP contribution in [0.3, 0.4) is 0 Å². The van der Waals surface area contributed by atoms with Crippen molar-refractivity contribution in [1.29, 1.82) is 0 Å². The van der Waals surface area contributed by atoms with Gasteiger partial charge in [0.25, 0.3) is 0 Å². The second-order valence-electron chi connectivity index (χ2n) is 8.48. The fourth-order valence-electron chi connectivity index (χ4n) is 4.33. The van der Waals surface area contributed by atoms with Gasteiger partial charge in [-0.15, -0.1) is 11.3 Å². The van der Waals surface area contributed by atoms with Gasteiger partial charge in [0.2, 0.25) is 5.91 Å². The quantitative estimate of drug-likeness (QED) is 0.339. The highest BCUT2D eigenvalue weighted by molar-refractivity contribution is 9.11. The zero-order valence-corrected chi connectivity index (χ0v) is 20.7. The SMILES string of the molecule is O=C(CCc1ccc2nc(-c3ccc(Br)s3)[nH]c2c1)NCC1CCN(c2ccncc2)CC1. The lowest BCUT2D eigenvalue weighted by atomic mass is 9.96. The summed E-state index contributed by atoms with van der Waals surface area (Å²) < 4.78 is 1.09. The third kappa shape index (κ3) is 5.45. The molecule has 0 radical (unpaired) electrons. The summed E-state index contributed by atoms with van der Waals surface area (Å²) in [5.41, 5.74) is 4.33. The van der Waals surface area contributed by atoms with E-state index in [1.54, 1.807) is 11.3 Å². The molecule has 1 amide bonds. The molecule has 0 aliphatic carbocycles. The molecule has 170 valence electrons. The number of aromatic amines is 1. The number of hydrogen-bond donors (Lipinski definition) is 2. The Morgan fingerprint density at radius 2 is 1.97 bits per heavy atom. The van der Waals surface area contributed by atoms with E-state index in [1.807, 2.05) is 24.5 Å². The Hall–Kier alpha value is -2.71. The van der Waals surface area contributed by atoms with Crippen molar-refractivity contribution >= 4 is 49.9 Å². The number of nitrogens with zero attached hydrogens (tertiary/aromatic N) is 3. The molecule has 8 heteroatoms. The van der Waals surface area contributed by atoms with Gasteiger partial charge in [-0.2, -0.15) is 0 Å². The molecule has 1 aliphatic rings. The molecule has 33 heavy (non-hydrogen) atoms. The molecule has 1 aromatic carbocycles. The topological polar surface area (TPSA) is 73.9 Å². The van der Waals surface area contributed by atoms with Gasteiger partial charge in [0.15, 0.2) is 0 Å². The standard InChI is InChI=1S/C25H26BrN5OS/c26-23-5-4-22(33-23)25-29-20-3-1-17(15-21(20)30-25)2-6-24(32)28-16-18-9-13-31(14-10-18)19-7-11-27-12-8-19/h1,3-5,7-8,11-12,15,18H,2,6,9-10,13-14,16H2,(H,28,32)(H,29,30). The number of piperidine rings is 1. The van der Waals surface area contributed by atoms with Crippen LogP contribution in [0.15, 0.2) is 58.6 Å². The predicted molar refractivity (Wildman–Crippen MR) is 138 cm³/mol. The summed E-state index contributed by atoms with van der Waals surface area (Å²) in [6.45, 7) is 2.82. The number of aromatic nitrogens is 3. The number of imidazole rings is 1. The van der Waals surface area contributed by atoms with Gasteiger partial charge in [0, 0.05) is 44.1 Å². The molecule has 1 saturated heterocycles. The number of pyridine rings is 1. The number of H-pyrrole nitrogens is 1. The summed E-state index contributed by atoms with van der Waals surface area (Å²) in [5.74, 6) is 1.55. The lowest BCUT2D eigenvalue weighted by Gasteiger charge is -2.33. The molecule has 0 bridgehead atoms. The number of benzene rings is 1. The van der Waals surface area contributed by atoms with Gasteiger partial charge in [-0.3, -0.25) is 9.78 Å². The van der Waals surface area contributed by atoms with Crippen molar-refractivity contribution in [2.75, 3.05) is 24.5 Å². The first kappa shape index (κ1) is 22.1. The largest absolute Gasteiger partial charge is 0.371 e. The Kier molecular flexibility index (Phi) is 6.73. The van der Waals surface area contributed by atoms with Crippen LogP contribution in [0.5, 0.6) is 0 Å². The number of fused-ring (bicyclic) bond motifs is 1. The van der Waals surface area contributed by atoms with Crippen LogP contribution in [0, 0.1) is 5.92 Å². The fourth-order valence-corrected chi connectivity index (χ4v) is 5.66.